The predicted molar refractivity (Wildman–Crippen MR) is 66.1 cm³/mol. The Labute approximate surface area is 103 Å². The van der Waals surface area contributed by atoms with Gasteiger partial charge >= 0.3 is 6.01 Å². The summed E-state index contributed by atoms with van der Waals surface area (Å²) in [5.41, 5.74) is 1.27. The molecule has 0 N–H and O–H groups in total. The van der Waals surface area contributed by atoms with Crippen molar-refractivity contribution in [2.75, 3.05) is 0 Å². The lowest BCUT2D eigenvalue weighted by molar-refractivity contribution is 0.0922. The van der Waals surface area contributed by atoms with Crippen LogP contribution in [0.25, 0.3) is 0 Å². The highest BCUT2D eigenvalue weighted by atomic mass is 16.5. The molecule has 1 aromatic heterocycles. The van der Waals surface area contributed by atoms with Crippen molar-refractivity contribution in [3.8, 4) is 6.01 Å². The van der Waals surface area contributed by atoms with Crippen molar-refractivity contribution < 1.29 is 4.74 Å². The van der Waals surface area contributed by atoms with Crippen LogP contribution in [0.4, 0.5) is 0 Å². The van der Waals surface area contributed by atoms with Gasteiger partial charge in [-0.1, -0.05) is 13.3 Å². The van der Waals surface area contributed by atoms with Crippen LogP contribution in [0, 0.1) is 5.92 Å². The Balaban J connectivity index is 1.63. The highest BCUT2D eigenvalue weighted by Gasteiger charge is 2.26. The molecule has 17 heavy (non-hydrogen) atoms. The number of hydrogen-bond donors (Lipinski definition) is 0. The van der Waals surface area contributed by atoms with E-state index < -0.39 is 0 Å². The first-order valence-electron chi connectivity index (χ1n) is 6.81. The van der Waals surface area contributed by atoms with Gasteiger partial charge in [0, 0.05) is 12.4 Å². The second-order valence-corrected chi connectivity index (χ2v) is 5.49. The van der Waals surface area contributed by atoms with Gasteiger partial charge < -0.3 is 4.74 Å². The summed E-state index contributed by atoms with van der Waals surface area (Å²) in [6, 6.07) is 0.563. The van der Waals surface area contributed by atoms with Gasteiger partial charge in [-0.25, -0.2) is 9.97 Å². The fourth-order valence-electron chi connectivity index (χ4n) is 2.61. The van der Waals surface area contributed by atoms with E-state index in [1.165, 1.54) is 37.7 Å². The standard InChI is InChI=1S/C14H20N2O/c1-10-4-2-3-5-13(10)17-14-15-8-12(9-16-14)11-6-7-11/h8-11,13H,2-7H2,1H3/t10-,13+/m1/s1. The number of rotatable bonds is 3. The topological polar surface area (TPSA) is 35.0 Å². The quantitative estimate of drug-likeness (QED) is 0.802. The zero-order chi connectivity index (χ0) is 11.7. The zero-order valence-electron chi connectivity index (χ0n) is 10.4. The van der Waals surface area contributed by atoms with Crippen LogP contribution in [0.1, 0.15) is 56.9 Å². The van der Waals surface area contributed by atoms with Gasteiger partial charge in [0.05, 0.1) is 0 Å². The molecule has 0 aliphatic heterocycles. The molecule has 3 heteroatoms. The van der Waals surface area contributed by atoms with E-state index in [9.17, 15) is 0 Å². The molecule has 2 fully saturated rings. The normalized spacial score (nSPS) is 29.0. The van der Waals surface area contributed by atoms with Crippen LogP contribution in [0.3, 0.4) is 0 Å². The maximum absolute atomic E-state index is 5.90. The first-order chi connectivity index (χ1) is 8.33. The second-order valence-electron chi connectivity index (χ2n) is 5.49. The number of nitrogens with zero attached hydrogens (tertiary/aromatic N) is 2. The highest BCUT2D eigenvalue weighted by molar-refractivity contribution is 5.18. The number of ether oxygens (including phenoxy) is 1. The Bertz CT molecular complexity index is 372. The SMILES string of the molecule is C[C@@H]1CCCC[C@@H]1Oc1ncc(C2CC2)cn1. The van der Waals surface area contributed by atoms with E-state index in [-0.39, 0.29) is 0 Å². The molecule has 3 nitrogen and oxygen atoms in total. The summed E-state index contributed by atoms with van der Waals surface area (Å²) in [6.07, 6.45) is 11.8. The predicted octanol–water partition coefficient (Wildman–Crippen LogP) is 3.31. The summed E-state index contributed by atoms with van der Waals surface area (Å²) in [4.78, 5) is 8.67. The second kappa shape index (κ2) is 4.63. The van der Waals surface area contributed by atoms with Gasteiger partial charge in [0.1, 0.15) is 6.10 Å². The lowest BCUT2D eigenvalue weighted by Gasteiger charge is -2.28. The van der Waals surface area contributed by atoms with Crippen molar-refractivity contribution in [2.45, 2.75) is 57.5 Å². The van der Waals surface area contributed by atoms with Crippen LogP contribution in [0.2, 0.25) is 0 Å². The molecule has 0 radical (unpaired) electrons. The summed E-state index contributed by atoms with van der Waals surface area (Å²) < 4.78 is 5.90. The van der Waals surface area contributed by atoms with Crippen LogP contribution in [-0.2, 0) is 0 Å². The van der Waals surface area contributed by atoms with E-state index in [1.54, 1.807) is 0 Å². The van der Waals surface area contributed by atoms with Crippen molar-refractivity contribution in [1.29, 1.82) is 0 Å². The van der Waals surface area contributed by atoms with Gasteiger partial charge in [-0.15, -0.1) is 0 Å². The van der Waals surface area contributed by atoms with E-state index in [0.29, 0.717) is 18.0 Å². The van der Waals surface area contributed by atoms with E-state index in [4.69, 9.17) is 4.74 Å². The number of hydrogen-bond acceptors (Lipinski definition) is 3. The van der Waals surface area contributed by atoms with Gasteiger partial charge in [-0.3, -0.25) is 0 Å². The minimum absolute atomic E-state index is 0.315. The van der Waals surface area contributed by atoms with Crippen LogP contribution in [-0.4, -0.2) is 16.1 Å². The molecule has 2 aliphatic carbocycles. The molecule has 2 saturated carbocycles. The molecule has 0 saturated heterocycles. The molecule has 1 heterocycles. The zero-order valence-corrected chi connectivity index (χ0v) is 10.4. The molecule has 0 amide bonds. The molecule has 2 atom stereocenters. The van der Waals surface area contributed by atoms with Crippen molar-refractivity contribution in [3.05, 3.63) is 18.0 Å². The first-order valence-corrected chi connectivity index (χ1v) is 6.81. The maximum atomic E-state index is 5.90. The summed E-state index contributed by atoms with van der Waals surface area (Å²) in [7, 11) is 0. The maximum Gasteiger partial charge on any atom is 0.316 e. The molecular formula is C14H20N2O. The highest BCUT2D eigenvalue weighted by Crippen LogP contribution is 2.39. The van der Waals surface area contributed by atoms with Crippen molar-refractivity contribution in [2.24, 2.45) is 5.92 Å². The lowest BCUT2D eigenvalue weighted by Crippen LogP contribution is -2.28. The lowest BCUT2D eigenvalue weighted by atomic mass is 9.88. The third-order valence-electron chi connectivity index (χ3n) is 3.99. The molecule has 92 valence electrons. The van der Waals surface area contributed by atoms with Crippen LogP contribution < -0.4 is 4.74 Å². The minimum atomic E-state index is 0.315. The largest absolute Gasteiger partial charge is 0.460 e. The van der Waals surface area contributed by atoms with Gasteiger partial charge in [0.15, 0.2) is 0 Å². The summed E-state index contributed by atoms with van der Waals surface area (Å²) in [6.45, 7) is 2.27. The number of aromatic nitrogens is 2. The van der Waals surface area contributed by atoms with Crippen molar-refractivity contribution >= 4 is 0 Å². The molecule has 0 spiro atoms. The fraction of sp³-hybridized carbons (Fsp3) is 0.714. The van der Waals surface area contributed by atoms with E-state index >= 15 is 0 Å². The van der Waals surface area contributed by atoms with E-state index in [1.807, 2.05) is 12.4 Å². The molecule has 2 aliphatic rings. The third kappa shape index (κ3) is 2.59. The molecule has 3 rings (SSSR count). The third-order valence-corrected chi connectivity index (χ3v) is 3.99. The Morgan fingerprint density at radius 2 is 1.76 bits per heavy atom. The smallest absolute Gasteiger partial charge is 0.316 e. The average molecular weight is 232 g/mol. The average Bonchev–Trinajstić information content (AvgIpc) is 3.17. The van der Waals surface area contributed by atoms with Crippen LogP contribution in [0.15, 0.2) is 12.4 Å². The first kappa shape index (κ1) is 11.0. The molecule has 0 bridgehead atoms. The van der Waals surface area contributed by atoms with Gasteiger partial charge in [0.25, 0.3) is 0 Å². The van der Waals surface area contributed by atoms with Crippen LogP contribution in [0.5, 0.6) is 6.01 Å². The summed E-state index contributed by atoms with van der Waals surface area (Å²) in [5.74, 6) is 1.35. The Kier molecular flexibility index (Phi) is 3.00. The van der Waals surface area contributed by atoms with Gasteiger partial charge in [0.2, 0.25) is 0 Å². The van der Waals surface area contributed by atoms with Crippen molar-refractivity contribution in [3.63, 3.8) is 0 Å². The van der Waals surface area contributed by atoms with Crippen LogP contribution >= 0.6 is 0 Å². The van der Waals surface area contributed by atoms with Gasteiger partial charge in [-0.2, -0.15) is 0 Å². The van der Waals surface area contributed by atoms with Gasteiger partial charge in [-0.05, 0) is 49.5 Å². The molecular weight excluding hydrogens is 212 g/mol. The molecule has 0 aromatic carbocycles. The Morgan fingerprint density at radius 1 is 1.06 bits per heavy atom. The Morgan fingerprint density at radius 3 is 2.41 bits per heavy atom. The fourth-order valence-corrected chi connectivity index (χ4v) is 2.61. The van der Waals surface area contributed by atoms with Crippen molar-refractivity contribution in [1.82, 2.24) is 9.97 Å². The van der Waals surface area contributed by atoms with E-state index in [2.05, 4.69) is 16.9 Å². The summed E-state index contributed by atoms with van der Waals surface area (Å²) >= 11 is 0. The Hall–Kier alpha value is -1.12. The summed E-state index contributed by atoms with van der Waals surface area (Å²) in [5, 5.41) is 0. The van der Waals surface area contributed by atoms with E-state index in [0.717, 1.165) is 12.3 Å². The monoisotopic (exact) mass is 232 g/mol. The molecule has 1 aromatic rings. The molecule has 0 unspecified atom stereocenters. The minimum Gasteiger partial charge on any atom is -0.460 e.